The Kier molecular flexibility index (Phi) is 3.88. The number of carbonyl (C=O) groups excluding carboxylic acids is 1. The number of rotatable bonds is 4. The molecule has 1 aromatic carbocycles. The molecule has 110 valence electrons. The second-order valence-corrected chi connectivity index (χ2v) is 6.50. The van der Waals surface area contributed by atoms with E-state index < -0.39 is 10.8 Å². The van der Waals surface area contributed by atoms with Crippen LogP contribution in [-0.4, -0.2) is 19.9 Å². The van der Waals surface area contributed by atoms with Crippen LogP contribution in [0.5, 0.6) is 0 Å². The predicted octanol–water partition coefficient (Wildman–Crippen LogP) is 2.37. The SMILES string of the molecule is CCCC(=O)Nc1c2c(nn1-c1ccccc1)C[S@](=O)C2. The van der Waals surface area contributed by atoms with Crippen LogP contribution in [0.4, 0.5) is 5.82 Å². The number of hydrogen-bond acceptors (Lipinski definition) is 3. The Morgan fingerprint density at radius 1 is 1.33 bits per heavy atom. The molecule has 0 spiro atoms. The average molecular weight is 303 g/mol. The van der Waals surface area contributed by atoms with Crippen LogP contribution in [0, 0.1) is 0 Å². The van der Waals surface area contributed by atoms with Crippen molar-refractivity contribution in [1.29, 1.82) is 0 Å². The lowest BCUT2D eigenvalue weighted by Crippen LogP contribution is -2.15. The molecule has 0 unspecified atom stereocenters. The summed E-state index contributed by atoms with van der Waals surface area (Å²) in [6.07, 6.45) is 1.26. The molecule has 1 amide bonds. The van der Waals surface area contributed by atoms with Crippen LogP contribution in [0.3, 0.4) is 0 Å². The highest BCUT2D eigenvalue weighted by Gasteiger charge is 2.28. The highest BCUT2D eigenvalue weighted by molar-refractivity contribution is 7.83. The van der Waals surface area contributed by atoms with Crippen molar-refractivity contribution in [1.82, 2.24) is 9.78 Å². The lowest BCUT2D eigenvalue weighted by atomic mass is 10.2. The molecule has 6 heteroatoms. The zero-order valence-electron chi connectivity index (χ0n) is 11.8. The minimum absolute atomic E-state index is 0.0323. The molecule has 1 aliphatic rings. The molecular formula is C15H17N3O2S. The number of aromatic nitrogens is 2. The molecule has 1 aliphatic heterocycles. The molecule has 0 saturated carbocycles. The topological polar surface area (TPSA) is 64.0 Å². The van der Waals surface area contributed by atoms with Gasteiger partial charge in [0.25, 0.3) is 0 Å². The number of anilines is 1. The molecule has 1 N–H and O–H groups in total. The Hall–Kier alpha value is -1.95. The van der Waals surface area contributed by atoms with Crippen molar-refractivity contribution in [2.24, 2.45) is 0 Å². The van der Waals surface area contributed by atoms with Crippen LogP contribution in [0.2, 0.25) is 0 Å². The molecule has 0 aliphatic carbocycles. The second-order valence-electron chi connectivity index (χ2n) is 5.05. The summed E-state index contributed by atoms with van der Waals surface area (Å²) < 4.78 is 13.5. The lowest BCUT2D eigenvalue weighted by molar-refractivity contribution is -0.116. The number of hydrogen-bond donors (Lipinski definition) is 1. The molecule has 0 fully saturated rings. The third-order valence-electron chi connectivity index (χ3n) is 3.41. The van der Waals surface area contributed by atoms with Gasteiger partial charge in [-0.25, -0.2) is 4.68 Å². The molecule has 0 radical (unpaired) electrons. The molecule has 0 saturated heterocycles. The number of para-hydroxylation sites is 1. The number of amides is 1. The van der Waals surface area contributed by atoms with Gasteiger partial charge >= 0.3 is 0 Å². The molecule has 0 bridgehead atoms. The van der Waals surface area contributed by atoms with E-state index in [9.17, 15) is 9.00 Å². The van der Waals surface area contributed by atoms with Crippen LogP contribution >= 0.6 is 0 Å². The van der Waals surface area contributed by atoms with Gasteiger partial charge < -0.3 is 5.32 Å². The summed E-state index contributed by atoms with van der Waals surface area (Å²) >= 11 is 0. The van der Waals surface area contributed by atoms with Crippen molar-refractivity contribution in [2.75, 3.05) is 5.32 Å². The third kappa shape index (κ3) is 2.76. The van der Waals surface area contributed by atoms with Gasteiger partial charge in [-0.15, -0.1) is 0 Å². The number of nitrogens with one attached hydrogen (secondary N) is 1. The Morgan fingerprint density at radius 3 is 2.81 bits per heavy atom. The number of fused-ring (bicyclic) bond motifs is 1. The molecule has 5 nitrogen and oxygen atoms in total. The summed E-state index contributed by atoms with van der Waals surface area (Å²) in [6, 6.07) is 9.67. The van der Waals surface area contributed by atoms with Gasteiger partial charge in [0.2, 0.25) is 5.91 Å². The Labute approximate surface area is 125 Å². The Bertz CT molecular complexity index is 694. The standard InChI is InChI=1S/C15H17N3O2S/c1-2-6-14(19)16-15-12-9-21(20)10-13(12)17-18(15)11-7-4-3-5-8-11/h3-5,7-8H,2,6,9-10H2,1H3,(H,16,19)/t21-/m1/s1. The largest absolute Gasteiger partial charge is 0.310 e. The summed E-state index contributed by atoms with van der Waals surface area (Å²) in [4.78, 5) is 11.9. The van der Waals surface area contributed by atoms with E-state index >= 15 is 0 Å². The van der Waals surface area contributed by atoms with E-state index in [0.717, 1.165) is 23.4 Å². The minimum Gasteiger partial charge on any atom is -0.310 e. The molecule has 3 rings (SSSR count). The maximum Gasteiger partial charge on any atom is 0.225 e. The number of carbonyl (C=O) groups is 1. The predicted molar refractivity (Wildman–Crippen MR) is 82.7 cm³/mol. The van der Waals surface area contributed by atoms with E-state index in [0.29, 0.717) is 23.7 Å². The van der Waals surface area contributed by atoms with Crippen LogP contribution in [0.1, 0.15) is 31.0 Å². The van der Waals surface area contributed by atoms with Crippen molar-refractivity contribution in [2.45, 2.75) is 31.3 Å². The molecule has 2 aromatic rings. The first kappa shape index (κ1) is 14.0. The van der Waals surface area contributed by atoms with Gasteiger partial charge in [0, 0.05) is 22.8 Å². The van der Waals surface area contributed by atoms with Crippen LogP contribution in [0.25, 0.3) is 5.69 Å². The first-order chi connectivity index (χ1) is 10.2. The Morgan fingerprint density at radius 2 is 2.10 bits per heavy atom. The highest BCUT2D eigenvalue weighted by atomic mass is 32.2. The van der Waals surface area contributed by atoms with E-state index in [1.165, 1.54) is 0 Å². The second kappa shape index (κ2) is 5.81. The van der Waals surface area contributed by atoms with E-state index in [1.54, 1.807) is 4.68 Å². The maximum absolute atomic E-state index is 11.9. The van der Waals surface area contributed by atoms with Gasteiger partial charge in [-0.2, -0.15) is 5.10 Å². The fourth-order valence-corrected chi connectivity index (χ4v) is 3.70. The molecule has 21 heavy (non-hydrogen) atoms. The maximum atomic E-state index is 11.9. The first-order valence-electron chi connectivity index (χ1n) is 7.00. The fraction of sp³-hybridized carbons (Fsp3) is 0.333. The van der Waals surface area contributed by atoms with E-state index in [-0.39, 0.29) is 5.91 Å². The fourth-order valence-electron chi connectivity index (χ4n) is 2.43. The van der Waals surface area contributed by atoms with Crippen molar-refractivity contribution in [3.63, 3.8) is 0 Å². The van der Waals surface area contributed by atoms with Crippen molar-refractivity contribution < 1.29 is 9.00 Å². The van der Waals surface area contributed by atoms with E-state index in [2.05, 4.69) is 10.4 Å². The zero-order chi connectivity index (χ0) is 14.8. The van der Waals surface area contributed by atoms with E-state index in [4.69, 9.17) is 0 Å². The van der Waals surface area contributed by atoms with Crippen molar-refractivity contribution >= 4 is 22.5 Å². The molecule has 1 atom stereocenters. The van der Waals surface area contributed by atoms with Gasteiger partial charge in [-0.05, 0) is 18.6 Å². The molecular weight excluding hydrogens is 286 g/mol. The normalized spacial score (nSPS) is 16.7. The summed E-state index contributed by atoms with van der Waals surface area (Å²) in [5.41, 5.74) is 2.62. The summed E-state index contributed by atoms with van der Waals surface area (Å²) in [5.74, 6) is 1.56. The van der Waals surface area contributed by atoms with Gasteiger partial charge in [0.15, 0.2) is 0 Å². The van der Waals surface area contributed by atoms with Crippen LogP contribution in [0.15, 0.2) is 30.3 Å². The van der Waals surface area contributed by atoms with Crippen molar-refractivity contribution in [3.8, 4) is 5.69 Å². The first-order valence-corrected chi connectivity index (χ1v) is 8.49. The number of benzene rings is 1. The minimum atomic E-state index is -0.909. The quantitative estimate of drug-likeness (QED) is 0.943. The van der Waals surface area contributed by atoms with E-state index in [1.807, 2.05) is 37.3 Å². The summed E-state index contributed by atoms with van der Waals surface area (Å²) in [5, 5.41) is 7.47. The van der Waals surface area contributed by atoms with Crippen LogP contribution in [-0.2, 0) is 27.1 Å². The molecule has 1 aromatic heterocycles. The van der Waals surface area contributed by atoms with Gasteiger partial charge in [0.05, 0.1) is 22.9 Å². The average Bonchev–Trinajstić information content (AvgIpc) is 2.98. The summed E-state index contributed by atoms with van der Waals surface area (Å²) in [7, 11) is -0.909. The van der Waals surface area contributed by atoms with Gasteiger partial charge in [0.1, 0.15) is 5.82 Å². The molecule has 2 heterocycles. The summed E-state index contributed by atoms with van der Waals surface area (Å²) in [6.45, 7) is 1.97. The van der Waals surface area contributed by atoms with Crippen molar-refractivity contribution in [3.05, 3.63) is 41.6 Å². The Balaban J connectivity index is 2.02. The zero-order valence-corrected chi connectivity index (χ0v) is 12.7. The smallest absolute Gasteiger partial charge is 0.225 e. The van der Waals surface area contributed by atoms with Gasteiger partial charge in [-0.3, -0.25) is 9.00 Å². The monoisotopic (exact) mass is 303 g/mol. The lowest BCUT2D eigenvalue weighted by Gasteiger charge is -2.10. The number of nitrogens with zero attached hydrogens (tertiary/aromatic N) is 2. The third-order valence-corrected chi connectivity index (χ3v) is 4.61. The van der Waals surface area contributed by atoms with Crippen LogP contribution < -0.4 is 5.32 Å². The van der Waals surface area contributed by atoms with Gasteiger partial charge in [-0.1, -0.05) is 25.1 Å². The highest BCUT2D eigenvalue weighted by Crippen LogP contribution is 2.31.